The second kappa shape index (κ2) is 6.23. The zero-order valence-corrected chi connectivity index (χ0v) is 14.6. The molecule has 2 aliphatic rings. The molecule has 0 aromatic heterocycles. The van der Waals surface area contributed by atoms with Crippen molar-refractivity contribution in [1.29, 1.82) is 0 Å². The summed E-state index contributed by atoms with van der Waals surface area (Å²) in [5.74, 6) is 0.507. The minimum Gasteiger partial charge on any atom is -0.375 e. The van der Waals surface area contributed by atoms with Gasteiger partial charge in [-0.1, -0.05) is 50.2 Å². The molecule has 4 rings (SSSR count). The van der Waals surface area contributed by atoms with Gasteiger partial charge in [0.15, 0.2) is 0 Å². The van der Waals surface area contributed by atoms with E-state index in [9.17, 15) is 0 Å². The quantitative estimate of drug-likeness (QED) is 0.866. The molecule has 1 N–H and O–H groups in total. The van der Waals surface area contributed by atoms with Crippen molar-refractivity contribution in [3.05, 3.63) is 64.7 Å². The fourth-order valence-electron chi connectivity index (χ4n) is 3.83. The van der Waals surface area contributed by atoms with Crippen molar-refractivity contribution in [2.75, 3.05) is 18.5 Å². The molecule has 3 atom stereocenters. The molecule has 2 aromatic carbocycles. The highest BCUT2D eigenvalue weighted by atomic mass is 16.6. The summed E-state index contributed by atoms with van der Waals surface area (Å²) >= 11 is 0. The summed E-state index contributed by atoms with van der Waals surface area (Å²) in [7, 11) is 0. The van der Waals surface area contributed by atoms with Crippen LogP contribution in [0.5, 0.6) is 0 Å². The van der Waals surface area contributed by atoms with E-state index < -0.39 is 0 Å². The van der Waals surface area contributed by atoms with Crippen molar-refractivity contribution in [3.8, 4) is 0 Å². The summed E-state index contributed by atoms with van der Waals surface area (Å²) in [4.78, 5) is 0. The van der Waals surface area contributed by atoms with Crippen molar-refractivity contribution in [2.45, 2.75) is 44.9 Å². The number of ether oxygens (including phenoxy) is 2. The number of anilines is 1. The molecule has 1 saturated heterocycles. The lowest BCUT2D eigenvalue weighted by atomic mass is 9.85. The number of benzene rings is 2. The van der Waals surface area contributed by atoms with Gasteiger partial charge in [0, 0.05) is 11.3 Å². The Hall–Kier alpha value is -1.84. The maximum absolute atomic E-state index is 6.17. The summed E-state index contributed by atoms with van der Waals surface area (Å²) in [6.07, 6.45) is 0.00747. The Labute approximate surface area is 144 Å². The molecule has 3 nitrogen and oxygen atoms in total. The van der Waals surface area contributed by atoms with Crippen LogP contribution in [0.15, 0.2) is 42.5 Å². The van der Waals surface area contributed by atoms with Gasteiger partial charge in [-0.05, 0) is 35.6 Å². The normalized spacial score (nSPS) is 25.8. The predicted molar refractivity (Wildman–Crippen MR) is 96.5 cm³/mol. The number of hydrogen-bond donors (Lipinski definition) is 1. The largest absolute Gasteiger partial charge is 0.375 e. The number of nitrogens with one attached hydrogen (secondary N) is 1. The van der Waals surface area contributed by atoms with Crippen LogP contribution >= 0.6 is 0 Å². The van der Waals surface area contributed by atoms with E-state index in [0.717, 1.165) is 0 Å². The SMILES string of the molecule is Cc1ccccc1C1Nc2ccc(C(C)C)cc2C2OCCOC12. The van der Waals surface area contributed by atoms with Crippen LogP contribution in [-0.4, -0.2) is 19.3 Å². The van der Waals surface area contributed by atoms with Crippen LogP contribution in [0.1, 0.15) is 54.2 Å². The van der Waals surface area contributed by atoms with Crippen molar-refractivity contribution < 1.29 is 9.47 Å². The third kappa shape index (κ3) is 2.62. The van der Waals surface area contributed by atoms with Crippen LogP contribution in [0, 0.1) is 6.92 Å². The summed E-state index contributed by atoms with van der Waals surface area (Å²) in [5.41, 5.74) is 6.31. The highest BCUT2D eigenvalue weighted by Gasteiger charge is 2.41. The zero-order valence-electron chi connectivity index (χ0n) is 14.6. The lowest BCUT2D eigenvalue weighted by Crippen LogP contribution is -2.43. The average Bonchev–Trinajstić information content (AvgIpc) is 2.61. The van der Waals surface area contributed by atoms with Gasteiger partial charge in [0.25, 0.3) is 0 Å². The van der Waals surface area contributed by atoms with Gasteiger partial charge in [-0.15, -0.1) is 0 Å². The van der Waals surface area contributed by atoms with Crippen molar-refractivity contribution in [1.82, 2.24) is 0 Å². The van der Waals surface area contributed by atoms with Gasteiger partial charge < -0.3 is 14.8 Å². The first-order valence-corrected chi connectivity index (χ1v) is 8.84. The predicted octanol–water partition coefficient (Wildman–Crippen LogP) is 4.74. The fraction of sp³-hybridized carbons (Fsp3) is 0.429. The summed E-state index contributed by atoms with van der Waals surface area (Å²) in [6.45, 7) is 7.93. The van der Waals surface area contributed by atoms with E-state index >= 15 is 0 Å². The number of hydrogen-bond acceptors (Lipinski definition) is 3. The van der Waals surface area contributed by atoms with Crippen LogP contribution in [0.2, 0.25) is 0 Å². The van der Waals surface area contributed by atoms with E-state index in [1.807, 2.05) is 0 Å². The topological polar surface area (TPSA) is 30.5 Å². The molecule has 0 spiro atoms. The second-order valence-electron chi connectivity index (χ2n) is 7.11. The van der Waals surface area contributed by atoms with E-state index in [-0.39, 0.29) is 18.2 Å². The molecule has 126 valence electrons. The third-order valence-corrected chi connectivity index (χ3v) is 5.20. The molecule has 0 bridgehead atoms. The Balaban J connectivity index is 1.79. The molecule has 3 unspecified atom stereocenters. The molecule has 0 saturated carbocycles. The first kappa shape index (κ1) is 15.7. The lowest BCUT2D eigenvalue weighted by molar-refractivity contribution is -0.151. The van der Waals surface area contributed by atoms with E-state index in [0.29, 0.717) is 19.1 Å². The van der Waals surface area contributed by atoms with E-state index in [1.54, 1.807) is 0 Å². The van der Waals surface area contributed by atoms with Crippen LogP contribution in [-0.2, 0) is 9.47 Å². The molecule has 0 amide bonds. The molecular formula is C21H25NO2. The number of aryl methyl sites for hydroxylation is 1. The molecule has 0 radical (unpaired) electrons. The molecule has 1 fully saturated rings. The highest BCUT2D eigenvalue weighted by Crippen LogP contribution is 2.45. The van der Waals surface area contributed by atoms with Gasteiger partial charge in [-0.25, -0.2) is 0 Å². The summed E-state index contributed by atoms with van der Waals surface area (Å²) in [6, 6.07) is 15.4. The molecule has 2 aliphatic heterocycles. The van der Waals surface area contributed by atoms with E-state index in [4.69, 9.17) is 9.47 Å². The first-order chi connectivity index (χ1) is 11.6. The maximum Gasteiger partial charge on any atom is 0.113 e. The van der Waals surface area contributed by atoms with E-state index in [1.165, 1.54) is 27.9 Å². The first-order valence-electron chi connectivity index (χ1n) is 8.84. The Morgan fingerprint density at radius 3 is 2.58 bits per heavy atom. The van der Waals surface area contributed by atoms with Crippen molar-refractivity contribution in [2.24, 2.45) is 0 Å². The molecule has 3 heteroatoms. The monoisotopic (exact) mass is 323 g/mol. The minimum absolute atomic E-state index is 0.00157. The maximum atomic E-state index is 6.17. The van der Waals surface area contributed by atoms with Crippen LogP contribution in [0.4, 0.5) is 5.69 Å². The van der Waals surface area contributed by atoms with Gasteiger partial charge in [0.05, 0.1) is 19.3 Å². The highest BCUT2D eigenvalue weighted by molar-refractivity contribution is 5.59. The standard InChI is InChI=1S/C21H25NO2/c1-13(2)15-8-9-18-17(12-15)20-21(24-11-10-23-20)19(22-18)16-7-5-4-6-14(16)3/h4-9,12-13,19-22H,10-11H2,1-3H3. The summed E-state index contributed by atoms with van der Waals surface area (Å²) in [5, 5.41) is 3.71. The number of rotatable bonds is 2. The molecule has 0 aliphatic carbocycles. The van der Waals surface area contributed by atoms with Gasteiger partial charge in [0.2, 0.25) is 0 Å². The Morgan fingerprint density at radius 2 is 1.79 bits per heavy atom. The smallest absolute Gasteiger partial charge is 0.113 e. The molecule has 24 heavy (non-hydrogen) atoms. The minimum atomic E-state index is -0.00157. The van der Waals surface area contributed by atoms with Crippen molar-refractivity contribution >= 4 is 5.69 Å². The Kier molecular flexibility index (Phi) is 4.07. The Bertz CT molecular complexity index is 740. The molecular weight excluding hydrogens is 298 g/mol. The lowest BCUT2D eigenvalue weighted by Gasteiger charge is -2.43. The zero-order chi connectivity index (χ0) is 16.7. The Morgan fingerprint density at radius 1 is 1.00 bits per heavy atom. The van der Waals surface area contributed by atoms with Gasteiger partial charge in [-0.2, -0.15) is 0 Å². The fourth-order valence-corrected chi connectivity index (χ4v) is 3.83. The summed E-state index contributed by atoms with van der Waals surface area (Å²) < 4.78 is 12.3. The van der Waals surface area contributed by atoms with Crippen molar-refractivity contribution in [3.63, 3.8) is 0 Å². The van der Waals surface area contributed by atoms with Crippen LogP contribution in [0.3, 0.4) is 0 Å². The average molecular weight is 323 g/mol. The van der Waals surface area contributed by atoms with Gasteiger partial charge in [-0.3, -0.25) is 0 Å². The van der Waals surface area contributed by atoms with Crippen LogP contribution < -0.4 is 5.32 Å². The second-order valence-corrected chi connectivity index (χ2v) is 7.11. The third-order valence-electron chi connectivity index (χ3n) is 5.20. The molecule has 2 heterocycles. The van der Waals surface area contributed by atoms with E-state index in [2.05, 4.69) is 68.6 Å². The van der Waals surface area contributed by atoms with Crippen LogP contribution in [0.25, 0.3) is 0 Å². The van der Waals surface area contributed by atoms with Gasteiger partial charge in [0.1, 0.15) is 12.2 Å². The number of fused-ring (bicyclic) bond motifs is 3. The molecule has 2 aromatic rings. The van der Waals surface area contributed by atoms with Gasteiger partial charge >= 0.3 is 0 Å².